The maximum Gasteiger partial charge on any atom is 0.0928 e. The molecule has 0 aliphatic carbocycles. The molecule has 0 amide bonds. The van der Waals surface area contributed by atoms with E-state index in [1.807, 2.05) is 7.11 Å². The van der Waals surface area contributed by atoms with Crippen LogP contribution >= 0.6 is 0 Å². The molecule has 0 aromatic rings. The van der Waals surface area contributed by atoms with Gasteiger partial charge >= 0.3 is 0 Å². The van der Waals surface area contributed by atoms with Crippen molar-refractivity contribution in [3.8, 4) is 0 Å². The van der Waals surface area contributed by atoms with Crippen molar-refractivity contribution in [1.29, 1.82) is 0 Å². The quantitative estimate of drug-likeness (QED) is 0.681. The second-order valence-corrected chi connectivity index (χ2v) is 4.09. The predicted molar refractivity (Wildman–Crippen MR) is 51.3 cm³/mol. The molecular weight excluding hydrogens is 150 g/mol. The summed E-state index contributed by atoms with van der Waals surface area (Å²) in [7, 11) is 1.83. The van der Waals surface area contributed by atoms with E-state index in [9.17, 15) is 0 Å². The summed E-state index contributed by atoms with van der Waals surface area (Å²) in [4.78, 5) is 0. The SMILES string of the molecule is CCCC(C)CC1(OC)CNC1. The molecule has 1 aliphatic heterocycles. The standard InChI is InChI=1S/C10H21NO/c1-4-5-9(2)6-10(12-3)7-11-8-10/h9,11H,4-8H2,1-3H3. The summed E-state index contributed by atoms with van der Waals surface area (Å²) in [5.74, 6) is 0.803. The molecule has 12 heavy (non-hydrogen) atoms. The molecule has 1 fully saturated rings. The van der Waals surface area contributed by atoms with E-state index < -0.39 is 0 Å². The van der Waals surface area contributed by atoms with Gasteiger partial charge in [-0.3, -0.25) is 0 Å². The molecule has 72 valence electrons. The Hall–Kier alpha value is -0.0800. The molecule has 1 heterocycles. The minimum Gasteiger partial charge on any atom is -0.376 e. The number of rotatable bonds is 5. The Morgan fingerprint density at radius 2 is 2.17 bits per heavy atom. The van der Waals surface area contributed by atoms with Gasteiger partial charge in [-0.15, -0.1) is 0 Å². The molecule has 2 nitrogen and oxygen atoms in total. The Labute approximate surface area is 75.7 Å². The molecule has 2 heteroatoms. The molecule has 1 aliphatic rings. The second kappa shape index (κ2) is 4.24. The van der Waals surface area contributed by atoms with Gasteiger partial charge in [0.15, 0.2) is 0 Å². The summed E-state index contributed by atoms with van der Waals surface area (Å²) < 4.78 is 5.53. The summed E-state index contributed by atoms with van der Waals surface area (Å²) in [5, 5.41) is 3.28. The van der Waals surface area contributed by atoms with Gasteiger partial charge in [0.2, 0.25) is 0 Å². The summed E-state index contributed by atoms with van der Waals surface area (Å²) in [6, 6.07) is 0. The highest BCUT2D eigenvalue weighted by Crippen LogP contribution is 2.26. The number of nitrogens with one attached hydrogen (secondary N) is 1. The number of methoxy groups -OCH3 is 1. The van der Waals surface area contributed by atoms with Crippen LogP contribution in [0.15, 0.2) is 0 Å². The van der Waals surface area contributed by atoms with E-state index in [1.54, 1.807) is 0 Å². The van der Waals surface area contributed by atoms with E-state index in [-0.39, 0.29) is 5.60 Å². The van der Waals surface area contributed by atoms with Crippen LogP contribution < -0.4 is 5.32 Å². The first-order chi connectivity index (χ1) is 5.72. The van der Waals surface area contributed by atoms with Crippen LogP contribution in [0.4, 0.5) is 0 Å². The third kappa shape index (κ3) is 2.20. The summed E-state index contributed by atoms with van der Waals surface area (Å²) >= 11 is 0. The lowest BCUT2D eigenvalue weighted by Crippen LogP contribution is -2.61. The zero-order valence-corrected chi connectivity index (χ0v) is 8.52. The number of hydrogen-bond acceptors (Lipinski definition) is 2. The topological polar surface area (TPSA) is 21.3 Å². The average molecular weight is 171 g/mol. The van der Waals surface area contributed by atoms with Gasteiger partial charge in [0.1, 0.15) is 0 Å². The molecule has 0 radical (unpaired) electrons. The van der Waals surface area contributed by atoms with Crippen LogP contribution in [0.3, 0.4) is 0 Å². The average Bonchev–Trinajstić information content (AvgIpc) is 1.97. The van der Waals surface area contributed by atoms with Crippen molar-refractivity contribution >= 4 is 0 Å². The minimum atomic E-state index is 0.175. The third-order valence-electron chi connectivity index (χ3n) is 2.83. The maximum atomic E-state index is 5.53. The fourth-order valence-corrected chi connectivity index (χ4v) is 2.01. The molecular formula is C10H21NO. The van der Waals surface area contributed by atoms with Crippen LogP contribution in [0.25, 0.3) is 0 Å². The minimum absolute atomic E-state index is 0.175. The van der Waals surface area contributed by atoms with Crippen LogP contribution in [0, 0.1) is 5.92 Å². The molecule has 0 bridgehead atoms. The van der Waals surface area contributed by atoms with Gasteiger partial charge in [0.25, 0.3) is 0 Å². The molecule has 1 rings (SSSR count). The Kier molecular flexibility index (Phi) is 3.53. The fourth-order valence-electron chi connectivity index (χ4n) is 2.01. The third-order valence-corrected chi connectivity index (χ3v) is 2.83. The van der Waals surface area contributed by atoms with Crippen LogP contribution in [0.5, 0.6) is 0 Å². The van der Waals surface area contributed by atoms with Crippen molar-refractivity contribution in [3.05, 3.63) is 0 Å². The number of ether oxygens (including phenoxy) is 1. The predicted octanol–water partition coefficient (Wildman–Crippen LogP) is 1.80. The van der Waals surface area contributed by atoms with Gasteiger partial charge in [-0.1, -0.05) is 26.7 Å². The monoisotopic (exact) mass is 171 g/mol. The van der Waals surface area contributed by atoms with Crippen LogP contribution in [-0.4, -0.2) is 25.8 Å². The largest absolute Gasteiger partial charge is 0.376 e. The van der Waals surface area contributed by atoms with Gasteiger partial charge in [-0.25, -0.2) is 0 Å². The normalized spacial score (nSPS) is 23.2. The maximum absolute atomic E-state index is 5.53. The van der Waals surface area contributed by atoms with Crippen molar-refractivity contribution in [2.24, 2.45) is 5.92 Å². The molecule has 1 unspecified atom stereocenters. The molecule has 0 aromatic heterocycles. The van der Waals surface area contributed by atoms with Gasteiger partial charge < -0.3 is 10.1 Å². The van der Waals surface area contributed by atoms with Crippen LogP contribution in [0.1, 0.15) is 33.1 Å². The highest BCUT2D eigenvalue weighted by molar-refractivity contribution is 4.95. The van der Waals surface area contributed by atoms with Gasteiger partial charge in [-0.2, -0.15) is 0 Å². The molecule has 1 saturated heterocycles. The van der Waals surface area contributed by atoms with E-state index in [0.29, 0.717) is 0 Å². The lowest BCUT2D eigenvalue weighted by molar-refractivity contribution is -0.0668. The molecule has 1 atom stereocenters. The van der Waals surface area contributed by atoms with Crippen molar-refractivity contribution in [2.45, 2.75) is 38.7 Å². The van der Waals surface area contributed by atoms with Gasteiger partial charge in [0.05, 0.1) is 5.60 Å². The highest BCUT2D eigenvalue weighted by Gasteiger charge is 2.37. The fraction of sp³-hybridized carbons (Fsp3) is 1.00. The van der Waals surface area contributed by atoms with Crippen molar-refractivity contribution in [3.63, 3.8) is 0 Å². The smallest absolute Gasteiger partial charge is 0.0928 e. The summed E-state index contributed by atoms with van der Waals surface area (Å²) in [5.41, 5.74) is 0.175. The second-order valence-electron chi connectivity index (χ2n) is 4.09. The first kappa shape index (κ1) is 10.0. The molecule has 1 N–H and O–H groups in total. The van der Waals surface area contributed by atoms with Crippen LogP contribution in [-0.2, 0) is 4.74 Å². The van der Waals surface area contributed by atoms with E-state index in [4.69, 9.17) is 4.74 Å². The van der Waals surface area contributed by atoms with E-state index in [0.717, 1.165) is 19.0 Å². The zero-order valence-electron chi connectivity index (χ0n) is 8.52. The first-order valence-electron chi connectivity index (χ1n) is 4.98. The highest BCUT2D eigenvalue weighted by atomic mass is 16.5. The van der Waals surface area contributed by atoms with E-state index in [2.05, 4.69) is 19.2 Å². The Balaban J connectivity index is 2.27. The lowest BCUT2D eigenvalue weighted by Gasteiger charge is -2.43. The van der Waals surface area contributed by atoms with Crippen molar-refractivity contribution < 1.29 is 4.74 Å². The Bertz CT molecular complexity index is 126. The summed E-state index contributed by atoms with van der Waals surface area (Å²) in [6.45, 7) is 6.65. The van der Waals surface area contributed by atoms with E-state index in [1.165, 1.54) is 19.3 Å². The summed E-state index contributed by atoms with van der Waals surface area (Å²) in [6.07, 6.45) is 3.82. The Morgan fingerprint density at radius 1 is 1.50 bits per heavy atom. The molecule has 0 aromatic carbocycles. The van der Waals surface area contributed by atoms with Gasteiger partial charge in [0, 0.05) is 20.2 Å². The van der Waals surface area contributed by atoms with Crippen molar-refractivity contribution in [1.82, 2.24) is 5.32 Å². The molecule has 0 saturated carbocycles. The Morgan fingerprint density at radius 3 is 2.50 bits per heavy atom. The van der Waals surface area contributed by atoms with Gasteiger partial charge in [-0.05, 0) is 12.3 Å². The van der Waals surface area contributed by atoms with Crippen molar-refractivity contribution in [2.75, 3.05) is 20.2 Å². The van der Waals surface area contributed by atoms with E-state index >= 15 is 0 Å². The lowest BCUT2D eigenvalue weighted by atomic mass is 9.84. The number of hydrogen-bond donors (Lipinski definition) is 1. The first-order valence-corrected chi connectivity index (χ1v) is 4.98. The molecule has 0 spiro atoms. The van der Waals surface area contributed by atoms with Crippen LogP contribution in [0.2, 0.25) is 0 Å². The zero-order chi connectivity index (χ0) is 9.03.